The molecule has 0 amide bonds. The highest BCUT2D eigenvalue weighted by Crippen LogP contribution is 2.38. The minimum atomic E-state index is 0.644. The molecule has 2 nitrogen and oxygen atoms in total. The Morgan fingerprint density at radius 1 is 0.950 bits per heavy atom. The van der Waals surface area contributed by atoms with E-state index < -0.39 is 0 Å². The summed E-state index contributed by atoms with van der Waals surface area (Å²) in [6.07, 6.45) is 0. The van der Waals surface area contributed by atoms with E-state index in [0.717, 1.165) is 21.2 Å². The molecule has 0 saturated heterocycles. The van der Waals surface area contributed by atoms with Crippen LogP contribution < -0.4 is 10.5 Å². The maximum Gasteiger partial charge on any atom is 0.153 e. The normalized spacial score (nSPS) is 10.7. The second-order valence-electron chi connectivity index (χ2n) is 4.69. The summed E-state index contributed by atoms with van der Waals surface area (Å²) in [6.45, 7) is 1.99. The molecule has 3 rings (SSSR count). The third-order valence-electron chi connectivity index (χ3n) is 3.28. The van der Waals surface area contributed by atoms with Crippen LogP contribution in [0.2, 0.25) is 0 Å². The molecule has 100 valence electrons. The molecule has 20 heavy (non-hydrogen) atoms. The van der Waals surface area contributed by atoms with Crippen LogP contribution in [0.1, 0.15) is 5.56 Å². The second kappa shape index (κ2) is 5.17. The average molecular weight is 328 g/mol. The lowest BCUT2D eigenvalue weighted by molar-refractivity contribution is 0.479. The first-order valence-corrected chi connectivity index (χ1v) is 7.16. The van der Waals surface area contributed by atoms with Gasteiger partial charge < -0.3 is 10.5 Å². The van der Waals surface area contributed by atoms with Crippen molar-refractivity contribution in [2.45, 2.75) is 6.92 Å². The van der Waals surface area contributed by atoms with Gasteiger partial charge in [-0.3, -0.25) is 0 Å². The van der Waals surface area contributed by atoms with Gasteiger partial charge in [0.25, 0.3) is 0 Å². The van der Waals surface area contributed by atoms with Gasteiger partial charge in [0, 0.05) is 0 Å². The maximum atomic E-state index is 6.01. The van der Waals surface area contributed by atoms with Gasteiger partial charge in [0.2, 0.25) is 0 Å². The molecular weight excluding hydrogens is 314 g/mol. The monoisotopic (exact) mass is 327 g/mol. The lowest BCUT2D eigenvalue weighted by atomic mass is 10.1. The molecule has 0 unspecified atom stereocenters. The topological polar surface area (TPSA) is 35.2 Å². The third-order valence-corrected chi connectivity index (χ3v) is 4.10. The summed E-state index contributed by atoms with van der Waals surface area (Å²) < 4.78 is 6.95. The van der Waals surface area contributed by atoms with Crippen LogP contribution in [0, 0.1) is 6.92 Å². The minimum absolute atomic E-state index is 0.644. The SMILES string of the molecule is Cc1cccc(N)c1Oc1ccc2ccccc2c1Br. The Kier molecular flexibility index (Phi) is 3.36. The molecular formula is C17H14BrNO. The van der Waals surface area contributed by atoms with Crippen molar-refractivity contribution in [3.8, 4) is 11.5 Å². The van der Waals surface area contributed by atoms with Crippen molar-refractivity contribution in [1.29, 1.82) is 0 Å². The summed E-state index contributed by atoms with van der Waals surface area (Å²) >= 11 is 3.62. The quantitative estimate of drug-likeness (QED) is 0.649. The number of para-hydroxylation sites is 1. The first kappa shape index (κ1) is 13.0. The molecule has 0 aliphatic carbocycles. The predicted octanol–water partition coefficient (Wildman–Crippen LogP) is 5.29. The number of halogens is 1. The molecule has 2 N–H and O–H groups in total. The van der Waals surface area contributed by atoms with Crippen LogP contribution >= 0.6 is 15.9 Å². The highest BCUT2D eigenvalue weighted by molar-refractivity contribution is 9.10. The molecule has 0 heterocycles. The van der Waals surface area contributed by atoms with E-state index in [0.29, 0.717) is 11.4 Å². The average Bonchev–Trinajstić information content (AvgIpc) is 2.45. The molecule has 3 heteroatoms. The fraction of sp³-hybridized carbons (Fsp3) is 0.0588. The lowest BCUT2D eigenvalue weighted by Gasteiger charge is -2.13. The highest BCUT2D eigenvalue weighted by atomic mass is 79.9. The summed E-state index contributed by atoms with van der Waals surface area (Å²) in [7, 11) is 0. The molecule has 3 aromatic rings. The van der Waals surface area contributed by atoms with Gasteiger partial charge in [0.1, 0.15) is 5.75 Å². The van der Waals surface area contributed by atoms with E-state index in [-0.39, 0.29) is 0 Å². The minimum Gasteiger partial charge on any atom is -0.454 e. The van der Waals surface area contributed by atoms with Crippen LogP contribution in [-0.4, -0.2) is 0 Å². The Bertz CT molecular complexity index is 763. The highest BCUT2D eigenvalue weighted by Gasteiger charge is 2.10. The molecule has 0 aliphatic heterocycles. The van der Waals surface area contributed by atoms with E-state index in [1.165, 1.54) is 5.39 Å². The van der Waals surface area contributed by atoms with Crippen molar-refractivity contribution in [2.75, 3.05) is 5.73 Å². The van der Waals surface area contributed by atoms with Gasteiger partial charge in [-0.2, -0.15) is 0 Å². The van der Waals surface area contributed by atoms with Crippen LogP contribution in [0.4, 0.5) is 5.69 Å². The van der Waals surface area contributed by atoms with Gasteiger partial charge in [-0.05, 0) is 51.3 Å². The molecule has 0 spiro atoms. The van der Waals surface area contributed by atoms with E-state index in [1.807, 2.05) is 49.4 Å². The zero-order valence-electron chi connectivity index (χ0n) is 11.1. The zero-order valence-corrected chi connectivity index (χ0v) is 12.6. The van der Waals surface area contributed by atoms with E-state index in [4.69, 9.17) is 10.5 Å². The smallest absolute Gasteiger partial charge is 0.153 e. The van der Waals surface area contributed by atoms with Crippen LogP contribution in [-0.2, 0) is 0 Å². The number of ether oxygens (including phenoxy) is 1. The van der Waals surface area contributed by atoms with Gasteiger partial charge in [0.05, 0.1) is 10.2 Å². The van der Waals surface area contributed by atoms with Crippen molar-refractivity contribution in [2.24, 2.45) is 0 Å². The molecule has 3 aromatic carbocycles. The van der Waals surface area contributed by atoms with Gasteiger partial charge in [0.15, 0.2) is 5.75 Å². The van der Waals surface area contributed by atoms with Gasteiger partial charge in [-0.25, -0.2) is 0 Å². The number of anilines is 1. The van der Waals surface area contributed by atoms with Crippen LogP contribution in [0.5, 0.6) is 11.5 Å². The molecule has 0 aliphatic rings. The summed E-state index contributed by atoms with van der Waals surface area (Å²) in [5, 5.41) is 2.29. The first-order valence-electron chi connectivity index (χ1n) is 6.37. The van der Waals surface area contributed by atoms with E-state index >= 15 is 0 Å². The number of hydrogen-bond donors (Lipinski definition) is 1. The number of nitrogens with two attached hydrogens (primary N) is 1. The largest absolute Gasteiger partial charge is 0.454 e. The zero-order chi connectivity index (χ0) is 14.1. The standard InChI is InChI=1S/C17H14BrNO/c1-11-5-4-8-14(19)17(11)20-15-10-9-12-6-2-3-7-13(12)16(15)18/h2-10H,19H2,1H3. The molecule has 0 fully saturated rings. The Morgan fingerprint density at radius 3 is 2.55 bits per heavy atom. The van der Waals surface area contributed by atoms with Crippen molar-refractivity contribution in [3.63, 3.8) is 0 Å². The Balaban J connectivity index is 2.10. The van der Waals surface area contributed by atoms with Crippen LogP contribution in [0.15, 0.2) is 59.1 Å². The number of hydrogen-bond acceptors (Lipinski definition) is 2. The Morgan fingerprint density at radius 2 is 1.75 bits per heavy atom. The number of fused-ring (bicyclic) bond motifs is 1. The number of nitrogen functional groups attached to an aromatic ring is 1. The molecule has 0 radical (unpaired) electrons. The van der Waals surface area contributed by atoms with Crippen molar-refractivity contribution >= 4 is 32.4 Å². The molecule has 0 saturated carbocycles. The summed E-state index contributed by atoms with van der Waals surface area (Å²) in [4.78, 5) is 0. The second-order valence-corrected chi connectivity index (χ2v) is 5.49. The number of rotatable bonds is 2. The predicted molar refractivity (Wildman–Crippen MR) is 87.3 cm³/mol. The van der Waals surface area contributed by atoms with Gasteiger partial charge in [-0.15, -0.1) is 0 Å². The summed E-state index contributed by atoms with van der Waals surface area (Å²) in [5.74, 6) is 1.48. The van der Waals surface area contributed by atoms with Crippen molar-refractivity contribution < 1.29 is 4.74 Å². The molecule has 0 bridgehead atoms. The van der Waals surface area contributed by atoms with Crippen LogP contribution in [0.3, 0.4) is 0 Å². The number of aryl methyl sites for hydroxylation is 1. The molecule has 0 aromatic heterocycles. The summed E-state index contributed by atoms with van der Waals surface area (Å²) in [5.41, 5.74) is 7.65. The number of benzene rings is 3. The van der Waals surface area contributed by atoms with Crippen molar-refractivity contribution in [3.05, 3.63) is 64.6 Å². The van der Waals surface area contributed by atoms with E-state index in [1.54, 1.807) is 0 Å². The van der Waals surface area contributed by atoms with E-state index in [9.17, 15) is 0 Å². The maximum absolute atomic E-state index is 6.01. The fourth-order valence-corrected chi connectivity index (χ4v) is 2.79. The lowest BCUT2D eigenvalue weighted by Crippen LogP contribution is -1.95. The van der Waals surface area contributed by atoms with Gasteiger partial charge >= 0.3 is 0 Å². The van der Waals surface area contributed by atoms with Crippen LogP contribution in [0.25, 0.3) is 10.8 Å². The molecule has 0 atom stereocenters. The van der Waals surface area contributed by atoms with E-state index in [2.05, 4.69) is 28.1 Å². The summed E-state index contributed by atoms with van der Waals surface area (Å²) in [6, 6.07) is 17.9. The fourth-order valence-electron chi connectivity index (χ4n) is 2.22. The Hall–Kier alpha value is -2.00. The van der Waals surface area contributed by atoms with Gasteiger partial charge in [-0.1, -0.05) is 42.5 Å². The first-order chi connectivity index (χ1) is 9.66. The Labute approximate surface area is 126 Å². The van der Waals surface area contributed by atoms with Crippen molar-refractivity contribution in [1.82, 2.24) is 0 Å². The third kappa shape index (κ3) is 2.25.